The smallest absolute Gasteiger partial charge is 0.292 e. The zero-order chi connectivity index (χ0) is 13.4. The second-order valence-electron chi connectivity index (χ2n) is 4.78. The molecule has 3 rings (SSSR count). The first-order chi connectivity index (χ1) is 9.15. The molecule has 0 atom stereocenters. The van der Waals surface area contributed by atoms with E-state index in [4.69, 9.17) is 19.6 Å². The Hall–Kier alpha value is -2.17. The van der Waals surface area contributed by atoms with Gasteiger partial charge in [-0.3, -0.25) is 0 Å². The number of fused-ring (bicyclic) bond motifs is 1. The van der Waals surface area contributed by atoms with Crippen molar-refractivity contribution in [3.63, 3.8) is 0 Å². The van der Waals surface area contributed by atoms with E-state index in [1.54, 1.807) is 0 Å². The molecular formula is C14H16N2O3. The van der Waals surface area contributed by atoms with Crippen LogP contribution in [0, 0.1) is 0 Å². The van der Waals surface area contributed by atoms with Gasteiger partial charge in [-0.15, -0.1) is 0 Å². The number of nitrogens with zero attached hydrogens (tertiary/aromatic N) is 1. The lowest BCUT2D eigenvalue weighted by atomic mass is 10.0. The normalized spacial score (nSPS) is 13.8. The Kier molecular flexibility index (Phi) is 2.81. The van der Waals surface area contributed by atoms with Crippen molar-refractivity contribution in [1.82, 2.24) is 4.98 Å². The third-order valence-corrected chi connectivity index (χ3v) is 3.02. The van der Waals surface area contributed by atoms with Gasteiger partial charge in [0.1, 0.15) is 13.2 Å². The van der Waals surface area contributed by atoms with Crippen molar-refractivity contribution >= 4 is 6.01 Å². The molecule has 19 heavy (non-hydrogen) atoms. The molecule has 1 aliphatic rings. The van der Waals surface area contributed by atoms with Gasteiger partial charge in [0, 0.05) is 5.56 Å². The van der Waals surface area contributed by atoms with Gasteiger partial charge in [-0.05, 0) is 24.1 Å². The molecule has 2 aromatic rings. The Morgan fingerprint density at radius 1 is 1.16 bits per heavy atom. The zero-order valence-electron chi connectivity index (χ0n) is 11.0. The Balaban J connectivity index is 2.07. The molecule has 0 aliphatic carbocycles. The van der Waals surface area contributed by atoms with Crippen LogP contribution in [0.5, 0.6) is 11.5 Å². The molecule has 0 radical (unpaired) electrons. The van der Waals surface area contributed by atoms with Crippen LogP contribution in [0.4, 0.5) is 6.01 Å². The number of anilines is 1. The number of aromatic nitrogens is 1. The van der Waals surface area contributed by atoms with Gasteiger partial charge in [0.15, 0.2) is 17.3 Å². The zero-order valence-corrected chi connectivity index (χ0v) is 11.0. The Morgan fingerprint density at radius 3 is 2.63 bits per heavy atom. The van der Waals surface area contributed by atoms with Crippen molar-refractivity contribution in [2.45, 2.75) is 19.8 Å². The topological polar surface area (TPSA) is 70.5 Å². The number of oxazole rings is 1. The summed E-state index contributed by atoms with van der Waals surface area (Å²) in [6.45, 7) is 5.25. The largest absolute Gasteiger partial charge is 0.486 e. The fourth-order valence-corrected chi connectivity index (χ4v) is 2.13. The van der Waals surface area contributed by atoms with Gasteiger partial charge in [-0.2, -0.15) is 4.98 Å². The summed E-state index contributed by atoms with van der Waals surface area (Å²) in [7, 11) is 0. The van der Waals surface area contributed by atoms with Crippen LogP contribution < -0.4 is 15.2 Å². The minimum atomic E-state index is 0.189. The van der Waals surface area contributed by atoms with Gasteiger partial charge < -0.3 is 19.6 Å². The standard InChI is InChI=1S/C14H16N2O3/c1-8(2)12-13(19-14(15)16-12)9-3-4-10-11(7-9)18-6-5-17-10/h3-4,7-8H,5-6H2,1-2H3,(H2,15,16). The summed E-state index contributed by atoms with van der Waals surface area (Å²) in [5.41, 5.74) is 7.41. The summed E-state index contributed by atoms with van der Waals surface area (Å²) in [5, 5.41) is 0. The van der Waals surface area contributed by atoms with Crippen molar-refractivity contribution < 1.29 is 13.9 Å². The first-order valence-electron chi connectivity index (χ1n) is 6.31. The molecule has 0 unspecified atom stereocenters. The lowest BCUT2D eigenvalue weighted by Crippen LogP contribution is -2.15. The van der Waals surface area contributed by atoms with E-state index in [0.717, 1.165) is 22.8 Å². The summed E-state index contributed by atoms with van der Waals surface area (Å²) in [4.78, 5) is 4.24. The van der Waals surface area contributed by atoms with E-state index in [1.165, 1.54) is 0 Å². The summed E-state index contributed by atoms with van der Waals surface area (Å²) >= 11 is 0. The van der Waals surface area contributed by atoms with Gasteiger partial charge in [0.05, 0.1) is 5.69 Å². The van der Waals surface area contributed by atoms with E-state index in [2.05, 4.69) is 18.8 Å². The Labute approximate surface area is 111 Å². The number of benzene rings is 1. The summed E-state index contributed by atoms with van der Waals surface area (Å²) in [6, 6.07) is 5.90. The number of hydrogen-bond donors (Lipinski definition) is 1. The van der Waals surface area contributed by atoms with Crippen LogP contribution in [0.3, 0.4) is 0 Å². The molecule has 0 amide bonds. The maximum Gasteiger partial charge on any atom is 0.292 e. The summed E-state index contributed by atoms with van der Waals surface area (Å²) < 4.78 is 16.6. The molecule has 0 saturated carbocycles. The van der Waals surface area contributed by atoms with Crippen LogP contribution in [0.25, 0.3) is 11.3 Å². The second kappa shape index (κ2) is 4.50. The molecule has 1 aromatic carbocycles. The summed E-state index contributed by atoms with van der Waals surface area (Å²) in [6.07, 6.45) is 0. The van der Waals surface area contributed by atoms with Gasteiger partial charge in [0.2, 0.25) is 0 Å². The van der Waals surface area contributed by atoms with Crippen LogP contribution >= 0.6 is 0 Å². The molecule has 1 aromatic heterocycles. The molecule has 2 N–H and O–H groups in total. The van der Waals surface area contributed by atoms with Gasteiger partial charge in [-0.25, -0.2) is 0 Å². The molecular weight excluding hydrogens is 244 g/mol. The maximum absolute atomic E-state index is 5.66. The maximum atomic E-state index is 5.66. The van der Waals surface area contributed by atoms with Crippen LogP contribution in [0.2, 0.25) is 0 Å². The Morgan fingerprint density at radius 2 is 1.89 bits per heavy atom. The van der Waals surface area contributed by atoms with Crippen LogP contribution in [-0.2, 0) is 0 Å². The summed E-state index contributed by atoms with van der Waals surface area (Å²) in [5.74, 6) is 2.43. The lowest BCUT2D eigenvalue weighted by molar-refractivity contribution is 0.171. The average Bonchev–Trinajstić information content (AvgIpc) is 2.80. The highest BCUT2D eigenvalue weighted by Crippen LogP contribution is 2.37. The highest BCUT2D eigenvalue weighted by atomic mass is 16.6. The molecule has 100 valence electrons. The first-order valence-corrected chi connectivity index (χ1v) is 6.31. The van der Waals surface area contributed by atoms with Crippen molar-refractivity contribution in [2.75, 3.05) is 18.9 Å². The van der Waals surface area contributed by atoms with Crippen LogP contribution in [0.15, 0.2) is 22.6 Å². The number of nitrogens with two attached hydrogens (primary N) is 1. The monoisotopic (exact) mass is 260 g/mol. The molecule has 5 heteroatoms. The van der Waals surface area contributed by atoms with E-state index >= 15 is 0 Å². The molecule has 1 aliphatic heterocycles. The van der Waals surface area contributed by atoms with Gasteiger partial charge >= 0.3 is 0 Å². The Bertz CT molecular complexity index is 605. The molecule has 0 bridgehead atoms. The number of nitrogen functional groups attached to an aromatic ring is 1. The van der Waals surface area contributed by atoms with Crippen molar-refractivity contribution in [3.8, 4) is 22.8 Å². The quantitative estimate of drug-likeness (QED) is 0.899. The average molecular weight is 260 g/mol. The minimum absolute atomic E-state index is 0.189. The third kappa shape index (κ3) is 2.12. The van der Waals surface area contributed by atoms with E-state index in [1.807, 2.05) is 18.2 Å². The molecule has 0 spiro atoms. The number of rotatable bonds is 2. The molecule has 0 saturated heterocycles. The predicted octanol–water partition coefficient (Wildman–Crippen LogP) is 2.82. The highest BCUT2D eigenvalue weighted by Gasteiger charge is 2.19. The fraction of sp³-hybridized carbons (Fsp3) is 0.357. The van der Waals surface area contributed by atoms with E-state index < -0.39 is 0 Å². The van der Waals surface area contributed by atoms with Crippen molar-refractivity contribution in [3.05, 3.63) is 23.9 Å². The molecule has 0 fully saturated rings. The van der Waals surface area contributed by atoms with E-state index in [9.17, 15) is 0 Å². The predicted molar refractivity (Wildman–Crippen MR) is 71.4 cm³/mol. The van der Waals surface area contributed by atoms with Crippen molar-refractivity contribution in [2.24, 2.45) is 0 Å². The number of hydrogen-bond acceptors (Lipinski definition) is 5. The second-order valence-corrected chi connectivity index (χ2v) is 4.78. The minimum Gasteiger partial charge on any atom is -0.486 e. The van der Waals surface area contributed by atoms with Gasteiger partial charge in [0.25, 0.3) is 6.01 Å². The highest BCUT2D eigenvalue weighted by molar-refractivity contribution is 5.66. The molecule has 5 nitrogen and oxygen atoms in total. The SMILES string of the molecule is CC(C)c1nc(N)oc1-c1ccc2c(c1)OCCO2. The van der Waals surface area contributed by atoms with E-state index in [-0.39, 0.29) is 11.9 Å². The molecule has 2 heterocycles. The van der Waals surface area contributed by atoms with Gasteiger partial charge in [-0.1, -0.05) is 13.8 Å². The first kappa shape index (κ1) is 11.9. The van der Waals surface area contributed by atoms with Crippen LogP contribution in [-0.4, -0.2) is 18.2 Å². The number of ether oxygens (including phenoxy) is 2. The van der Waals surface area contributed by atoms with Crippen molar-refractivity contribution in [1.29, 1.82) is 0 Å². The van der Waals surface area contributed by atoms with E-state index in [0.29, 0.717) is 19.0 Å². The third-order valence-electron chi connectivity index (χ3n) is 3.02. The van der Waals surface area contributed by atoms with Crippen LogP contribution in [0.1, 0.15) is 25.5 Å². The fourth-order valence-electron chi connectivity index (χ4n) is 2.13. The lowest BCUT2D eigenvalue weighted by Gasteiger charge is -2.18.